The van der Waals surface area contributed by atoms with Crippen molar-refractivity contribution < 1.29 is 14.6 Å². The fraction of sp³-hybridized carbons (Fsp3) is 0.462. The van der Waals surface area contributed by atoms with Crippen LogP contribution in [-0.2, 0) is 16.0 Å². The van der Waals surface area contributed by atoms with E-state index in [-0.39, 0.29) is 0 Å². The smallest absolute Gasteiger partial charge is 0.310 e. The minimum absolute atomic E-state index is 0.351. The number of aliphatic carboxylic acids is 1. The minimum atomic E-state index is -0.813. The largest absolute Gasteiger partial charge is 0.481 e. The Balaban J connectivity index is 2.32. The molecule has 0 aliphatic carbocycles. The third-order valence-corrected chi connectivity index (χ3v) is 4.19. The molecule has 0 unspecified atom stereocenters. The Morgan fingerprint density at radius 1 is 1.28 bits per heavy atom. The summed E-state index contributed by atoms with van der Waals surface area (Å²) in [5.41, 5.74) is -0.0995. The summed E-state index contributed by atoms with van der Waals surface area (Å²) < 4.78 is 5.24. The van der Waals surface area contributed by atoms with Gasteiger partial charge in [-0.2, -0.15) is 0 Å². The van der Waals surface area contributed by atoms with E-state index < -0.39 is 11.4 Å². The Bertz CT molecular complexity index is 433. The van der Waals surface area contributed by atoms with Gasteiger partial charge in [0, 0.05) is 23.3 Å². The van der Waals surface area contributed by atoms with E-state index in [1.807, 2.05) is 0 Å². The van der Waals surface area contributed by atoms with Crippen LogP contribution < -0.4 is 0 Å². The average molecular weight is 289 g/mol. The van der Waals surface area contributed by atoms with Gasteiger partial charge in [0.2, 0.25) is 0 Å². The van der Waals surface area contributed by atoms with Gasteiger partial charge in [0.05, 0.1) is 5.41 Å². The van der Waals surface area contributed by atoms with Crippen LogP contribution in [0.3, 0.4) is 0 Å². The fourth-order valence-corrected chi connectivity index (χ4v) is 2.80. The highest BCUT2D eigenvalue weighted by atomic mass is 35.5. The molecule has 0 amide bonds. The molecule has 0 radical (unpaired) electrons. The lowest BCUT2D eigenvalue weighted by Gasteiger charge is -2.33. The van der Waals surface area contributed by atoms with E-state index >= 15 is 0 Å². The molecule has 18 heavy (non-hydrogen) atoms. The van der Waals surface area contributed by atoms with Crippen LogP contribution in [-0.4, -0.2) is 24.3 Å². The Labute approximate surface area is 116 Å². The van der Waals surface area contributed by atoms with Crippen LogP contribution in [0, 0.1) is 5.41 Å². The molecule has 0 atom stereocenters. The number of ether oxygens (including phenoxy) is 1. The van der Waals surface area contributed by atoms with Crippen molar-refractivity contribution in [2.24, 2.45) is 5.41 Å². The van der Waals surface area contributed by atoms with Gasteiger partial charge >= 0.3 is 5.97 Å². The van der Waals surface area contributed by atoms with E-state index in [0.29, 0.717) is 48.1 Å². The molecule has 1 aliphatic heterocycles. The minimum Gasteiger partial charge on any atom is -0.481 e. The molecule has 3 nitrogen and oxygen atoms in total. The second-order valence-electron chi connectivity index (χ2n) is 4.57. The van der Waals surface area contributed by atoms with Crippen LogP contribution in [0.1, 0.15) is 18.4 Å². The third-order valence-electron chi connectivity index (χ3n) is 3.48. The summed E-state index contributed by atoms with van der Waals surface area (Å²) in [6.45, 7) is 0.933. The molecule has 1 aromatic carbocycles. The molecular weight excluding hydrogens is 275 g/mol. The number of carbonyl (C=O) groups is 1. The molecule has 1 fully saturated rings. The lowest BCUT2D eigenvalue weighted by molar-refractivity contribution is -0.154. The maximum atomic E-state index is 11.6. The average Bonchev–Trinajstić information content (AvgIpc) is 2.35. The van der Waals surface area contributed by atoms with Crippen LogP contribution in [0.2, 0.25) is 10.0 Å². The molecule has 98 valence electrons. The highest BCUT2D eigenvalue weighted by Crippen LogP contribution is 2.38. The van der Waals surface area contributed by atoms with Crippen LogP contribution in [0.4, 0.5) is 0 Å². The quantitative estimate of drug-likeness (QED) is 0.927. The van der Waals surface area contributed by atoms with Gasteiger partial charge in [0.25, 0.3) is 0 Å². The predicted molar refractivity (Wildman–Crippen MR) is 70.3 cm³/mol. The number of benzene rings is 1. The van der Waals surface area contributed by atoms with Crippen molar-refractivity contribution in [2.75, 3.05) is 13.2 Å². The first-order valence-electron chi connectivity index (χ1n) is 5.79. The zero-order chi connectivity index (χ0) is 13.2. The van der Waals surface area contributed by atoms with Crippen molar-refractivity contribution >= 4 is 29.2 Å². The van der Waals surface area contributed by atoms with Gasteiger partial charge in [-0.25, -0.2) is 0 Å². The van der Waals surface area contributed by atoms with E-state index in [0.717, 1.165) is 0 Å². The van der Waals surface area contributed by atoms with E-state index in [1.54, 1.807) is 18.2 Å². The first kappa shape index (κ1) is 13.7. The standard InChI is InChI=1S/C13H14Cl2O3/c14-10-2-1-3-11(15)9(10)8-13(12(16)17)4-6-18-7-5-13/h1-3H,4-8H2,(H,16,17). The number of carboxylic acid groups (broad SMARTS) is 1. The summed E-state index contributed by atoms with van der Waals surface area (Å²) in [5, 5.41) is 10.5. The normalized spacial score (nSPS) is 18.6. The summed E-state index contributed by atoms with van der Waals surface area (Å²) in [6, 6.07) is 5.22. The van der Waals surface area contributed by atoms with Crippen molar-refractivity contribution in [3.63, 3.8) is 0 Å². The number of carboxylic acids is 1. The van der Waals surface area contributed by atoms with Crippen LogP contribution >= 0.6 is 23.2 Å². The molecule has 0 aromatic heterocycles. The van der Waals surface area contributed by atoms with Gasteiger partial charge in [-0.3, -0.25) is 4.79 Å². The summed E-state index contributed by atoms with van der Waals surface area (Å²) >= 11 is 12.2. The molecule has 1 N–H and O–H groups in total. The molecule has 1 heterocycles. The van der Waals surface area contributed by atoms with Crippen molar-refractivity contribution in [3.8, 4) is 0 Å². The van der Waals surface area contributed by atoms with E-state index in [2.05, 4.69) is 0 Å². The lowest BCUT2D eigenvalue weighted by atomic mass is 9.75. The molecule has 0 saturated carbocycles. The van der Waals surface area contributed by atoms with Crippen LogP contribution in [0.5, 0.6) is 0 Å². The zero-order valence-electron chi connectivity index (χ0n) is 9.79. The molecular formula is C13H14Cl2O3. The summed E-state index contributed by atoms with van der Waals surface area (Å²) in [7, 11) is 0. The maximum absolute atomic E-state index is 11.6. The van der Waals surface area contributed by atoms with E-state index in [9.17, 15) is 9.90 Å². The fourth-order valence-electron chi connectivity index (χ4n) is 2.27. The Kier molecular flexibility index (Phi) is 4.15. The Hall–Kier alpha value is -0.770. The topological polar surface area (TPSA) is 46.5 Å². The summed E-state index contributed by atoms with van der Waals surface area (Å²) in [6.07, 6.45) is 1.33. The van der Waals surface area contributed by atoms with Crippen molar-refractivity contribution in [2.45, 2.75) is 19.3 Å². The number of hydrogen-bond donors (Lipinski definition) is 1. The zero-order valence-corrected chi connectivity index (χ0v) is 11.3. The third kappa shape index (κ3) is 2.63. The summed E-state index contributed by atoms with van der Waals surface area (Å²) in [5.74, 6) is -0.804. The van der Waals surface area contributed by atoms with Crippen LogP contribution in [0.25, 0.3) is 0 Å². The van der Waals surface area contributed by atoms with Crippen molar-refractivity contribution in [1.82, 2.24) is 0 Å². The Morgan fingerprint density at radius 3 is 2.33 bits per heavy atom. The van der Waals surface area contributed by atoms with Gasteiger partial charge in [0.15, 0.2) is 0 Å². The maximum Gasteiger partial charge on any atom is 0.310 e. The van der Waals surface area contributed by atoms with E-state index in [1.165, 1.54) is 0 Å². The second kappa shape index (κ2) is 5.47. The van der Waals surface area contributed by atoms with E-state index in [4.69, 9.17) is 27.9 Å². The second-order valence-corrected chi connectivity index (χ2v) is 5.39. The van der Waals surface area contributed by atoms with Gasteiger partial charge in [-0.1, -0.05) is 29.3 Å². The Morgan fingerprint density at radius 2 is 1.83 bits per heavy atom. The number of halogens is 2. The SMILES string of the molecule is O=C(O)C1(Cc2c(Cl)cccc2Cl)CCOCC1. The van der Waals surface area contributed by atoms with Crippen LogP contribution in [0.15, 0.2) is 18.2 Å². The van der Waals surface area contributed by atoms with Gasteiger partial charge < -0.3 is 9.84 Å². The molecule has 0 bridgehead atoms. The van der Waals surface area contributed by atoms with Gasteiger partial charge in [0.1, 0.15) is 0 Å². The predicted octanol–water partition coefficient (Wildman–Crippen LogP) is 3.42. The number of rotatable bonds is 3. The highest BCUT2D eigenvalue weighted by Gasteiger charge is 2.41. The molecule has 1 saturated heterocycles. The monoisotopic (exact) mass is 288 g/mol. The summed E-state index contributed by atoms with van der Waals surface area (Å²) in [4.78, 5) is 11.6. The molecule has 2 rings (SSSR count). The molecule has 1 aliphatic rings. The molecule has 5 heteroatoms. The molecule has 1 aromatic rings. The van der Waals surface area contributed by atoms with Gasteiger partial charge in [-0.15, -0.1) is 0 Å². The van der Waals surface area contributed by atoms with Crippen molar-refractivity contribution in [3.05, 3.63) is 33.8 Å². The van der Waals surface area contributed by atoms with Gasteiger partial charge in [-0.05, 0) is 37.0 Å². The first-order valence-corrected chi connectivity index (χ1v) is 6.55. The number of hydrogen-bond acceptors (Lipinski definition) is 2. The highest BCUT2D eigenvalue weighted by molar-refractivity contribution is 6.36. The first-order chi connectivity index (χ1) is 8.55. The van der Waals surface area contributed by atoms with Crippen molar-refractivity contribution in [1.29, 1.82) is 0 Å². The molecule has 0 spiro atoms. The lowest BCUT2D eigenvalue weighted by Crippen LogP contribution is -2.39.